The molecule has 0 amide bonds. The van der Waals surface area contributed by atoms with Crippen LogP contribution in [0.15, 0.2) is 12.2 Å². The molecule has 2 heteroatoms. The highest BCUT2D eigenvalue weighted by molar-refractivity contribution is 9.18. The summed E-state index contributed by atoms with van der Waals surface area (Å²) < 4.78 is 0.156. The van der Waals surface area contributed by atoms with Gasteiger partial charge in [0.15, 0.2) is 4.69 Å². The summed E-state index contributed by atoms with van der Waals surface area (Å²) >= 11 is 2.98. The van der Waals surface area contributed by atoms with E-state index in [1.165, 1.54) is 103 Å². The second kappa shape index (κ2) is 20.9. The number of unbranched alkanes of at least 4 members (excludes halogenated alkanes) is 15. The highest BCUT2D eigenvalue weighted by Gasteiger charge is 1.96. The SMILES string of the molecule is CCCCCCCCC=CCCCCCCCCCCCC(=O)Br. The molecule has 1 nitrogen and oxygen atoms in total. The highest BCUT2D eigenvalue weighted by atomic mass is 79.9. The van der Waals surface area contributed by atoms with Crippen LogP contribution in [0.2, 0.25) is 0 Å². The van der Waals surface area contributed by atoms with Gasteiger partial charge in [-0.15, -0.1) is 0 Å². The fourth-order valence-electron chi connectivity index (χ4n) is 3.04. The Bertz CT molecular complexity index is 286. The van der Waals surface area contributed by atoms with Crippen LogP contribution in [-0.2, 0) is 4.79 Å². The molecule has 0 aromatic heterocycles. The van der Waals surface area contributed by atoms with Crippen LogP contribution in [-0.4, -0.2) is 4.69 Å². The Labute approximate surface area is 160 Å². The van der Waals surface area contributed by atoms with Crippen molar-refractivity contribution < 1.29 is 4.79 Å². The van der Waals surface area contributed by atoms with Gasteiger partial charge in [0.05, 0.1) is 0 Å². The molecule has 142 valence electrons. The summed E-state index contributed by atoms with van der Waals surface area (Å²) in [5, 5.41) is 0. The molecule has 0 rings (SSSR count). The van der Waals surface area contributed by atoms with Crippen molar-refractivity contribution in [3.05, 3.63) is 12.2 Å². The first kappa shape index (κ1) is 23.9. The first-order chi connectivity index (χ1) is 11.8. The average molecular weight is 401 g/mol. The normalized spacial score (nSPS) is 11.4. The molecule has 0 bridgehead atoms. The smallest absolute Gasteiger partial charge is 0.197 e. The van der Waals surface area contributed by atoms with Crippen LogP contribution in [0.3, 0.4) is 0 Å². The predicted molar refractivity (Wildman–Crippen MR) is 112 cm³/mol. The van der Waals surface area contributed by atoms with E-state index in [1.54, 1.807) is 0 Å². The standard InChI is InChI=1S/C22H41BrO/c1-2-3-4-5-6-7-8-9-10-11-12-13-14-15-16-17-18-19-20-21-22(23)24/h9-10H,2-8,11-21H2,1H3. The number of carbonyl (C=O) groups excluding carboxylic acids is 1. The van der Waals surface area contributed by atoms with E-state index in [1.807, 2.05) is 0 Å². The molecule has 0 N–H and O–H groups in total. The van der Waals surface area contributed by atoms with Gasteiger partial charge < -0.3 is 0 Å². The van der Waals surface area contributed by atoms with Crippen molar-refractivity contribution in [2.45, 2.75) is 122 Å². The summed E-state index contributed by atoms with van der Waals surface area (Å²) in [7, 11) is 0. The van der Waals surface area contributed by atoms with E-state index in [2.05, 4.69) is 35.0 Å². The lowest BCUT2D eigenvalue weighted by Crippen LogP contribution is -1.86. The second-order valence-corrected chi connectivity index (χ2v) is 7.99. The molecule has 0 radical (unpaired) electrons. The zero-order valence-corrected chi connectivity index (χ0v) is 17.8. The topological polar surface area (TPSA) is 17.1 Å². The lowest BCUT2D eigenvalue weighted by atomic mass is 10.1. The van der Waals surface area contributed by atoms with E-state index in [-0.39, 0.29) is 4.69 Å². The fraction of sp³-hybridized carbons (Fsp3) is 0.864. The Kier molecular flexibility index (Phi) is 20.8. The van der Waals surface area contributed by atoms with Crippen molar-refractivity contribution in [3.63, 3.8) is 0 Å². The molecule has 0 unspecified atom stereocenters. The molecule has 0 heterocycles. The zero-order chi connectivity index (χ0) is 17.7. The molecule has 0 spiro atoms. The first-order valence-corrected chi connectivity index (χ1v) is 11.4. The molecule has 0 fully saturated rings. The monoisotopic (exact) mass is 400 g/mol. The van der Waals surface area contributed by atoms with Gasteiger partial charge in [-0.05, 0) is 48.0 Å². The van der Waals surface area contributed by atoms with E-state index in [4.69, 9.17) is 0 Å². The number of hydrogen-bond acceptors (Lipinski definition) is 1. The number of allylic oxidation sites excluding steroid dienone is 2. The van der Waals surface area contributed by atoms with Crippen molar-refractivity contribution in [1.29, 1.82) is 0 Å². The summed E-state index contributed by atoms with van der Waals surface area (Å²) in [6, 6.07) is 0. The molecule has 24 heavy (non-hydrogen) atoms. The third-order valence-corrected chi connectivity index (χ3v) is 5.03. The van der Waals surface area contributed by atoms with Gasteiger partial charge in [-0.3, -0.25) is 4.79 Å². The largest absolute Gasteiger partial charge is 0.287 e. The van der Waals surface area contributed by atoms with Gasteiger partial charge in [0, 0.05) is 6.42 Å². The third-order valence-electron chi connectivity index (χ3n) is 4.64. The average Bonchev–Trinajstić information content (AvgIpc) is 2.56. The van der Waals surface area contributed by atoms with Gasteiger partial charge in [0.1, 0.15) is 0 Å². The van der Waals surface area contributed by atoms with Crippen LogP contribution < -0.4 is 0 Å². The Morgan fingerprint density at radius 3 is 1.42 bits per heavy atom. The minimum atomic E-state index is 0.156. The number of halogens is 1. The summed E-state index contributed by atoms with van der Waals surface area (Å²) in [5.41, 5.74) is 0. The lowest BCUT2D eigenvalue weighted by Gasteiger charge is -2.01. The number of hydrogen-bond donors (Lipinski definition) is 0. The van der Waals surface area contributed by atoms with Gasteiger partial charge in [-0.1, -0.05) is 96.1 Å². The molecule has 0 aliphatic heterocycles. The minimum Gasteiger partial charge on any atom is -0.287 e. The molecule has 0 aliphatic rings. The molecule has 0 saturated carbocycles. The van der Waals surface area contributed by atoms with Crippen molar-refractivity contribution in [2.75, 3.05) is 0 Å². The third kappa shape index (κ3) is 21.9. The van der Waals surface area contributed by atoms with Gasteiger partial charge >= 0.3 is 0 Å². The summed E-state index contributed by atoms with van der Waals surface area (Å²) in [4.78, 5) is 10.7. The molecule has 0 saturated heterocycles. The predicted octanol–water partition coefficient (Wildman–Crippen LogP) is 8.51. The van der Waals surface area contributed by atoms with Crippen molar-refractivity contribution in [3.8, 4) is 0 Å². The van der Waals surface area contributed by atoms with Crippen LogP contribution in [0, 0.1) is 0 Å². The molecular weight excluding hydrogens is 360 g/mol. The van der Waals surface area contributed by atoms with E-state index in [9.17, 15) is 4.79 Å². The maximum atomic E-state index is 10.7. The number of rotatable bonds is 19. The quantitative estimate of drug-likeness (QED) is 0.120. The van der Waals surface area contributed by atoms with Crippen molar-refractivity contribution in [1.82, 2.24) is 0 Å². The molecule has 0 aromatic rings. The lowest BCUT2D eigenvalue weighted by molar-refractivity contribution is -0.110. The summed E-state index contributed by atoms with van der Waals surface area (Å²) in [6.07, 6.45) is 28.3. The van der Waals surface area contributed by atoms with Crippen LogP contribution in [0.4, 0.5) is 0 Å². The van der Waals surface area contributed by atoms with Crippen molar-refractivity contribution in [2.24, 2.45) is 0 Å². The fourth-order valence-corrected chi connectivity index (χ4v) is 3.32. The van der Waals surface area contributed by atoms with Gasteiger partial charge in [-0.2, -0.15) is 0 Å². The van der Waals surface area contributed by atoms with Gasteiger partial charge in [0.25, 0.3) is 0 Å². The van der Waals surface area contributed by atoms with E-state index >= 15 is 0 Å². The summed E-state index contributed by atoms with van der Waals surface area (Å²) in [6.45, 7) is 2.28. The molecular formula is C22H41BrO. The Morgan fingerprint density at radius 2 is 1.00 bits per heavy atom. The van der Waals surface area contributed by atoms with Gasteiger partial charge in [0.2, 0.25) is 0 Å². The van der Waals surface area contributed by atoms with Crippen molar-refractivity contribution >= 4 is 20.6 Å². The second-order valence-electron chi connectivity index (χ2n) is 7.10. The van der Waals surface area contributed by atoms with Gasteiger partial charge in [-0.25, -0.2) is 0 Å². The van der Waals surface area contributed by atoms with E-state index in [0.717, 1.165) is 6.42 Å². The maximum absolute atomic E-state index is 10.7. The first-order valence-electron chi connectivity index (χ1n) is 10.6. The molecule has 0 aromatic carbocycles. The van der Waals surface area contributed by atoms with E-state index in [0.29, 0.717) is 6.42 Å². The Hall–Kier alpha value is -0.110. The zero-order valence-electron chi connectivity index (χ0n) is 16.2. The van der Waals surface area contributed by atoms with Crippen LogP contribution in [0.25, 0.3) is 0 Å². The Morgan fingerprint density at radius 1 is 0.625 bits per heavy atom. The van der Waals surface area contributed by atoms with Crippen LogP contribution >= 0.6 is 15.9 Å². The van der Waals surface area contributed by atoms with E-state index < -0.39 is 0 Å². The molecule has 0 aliphatic carbocycles. The molecule has 0 atom stereocenters. The highest BCUT2D eigenvalue weighted by Crippen LogP contribution is 2.12. The maximum Gasteiger partial charge on any atom is 0.197 e. The number of carbonyl (C=O) groups is 1. The Balaban J connectivity index is 3.06. The summed E-state index contributed by atoms with van der Waals surface area (Å²) in [5.74, 6) is 0. The van der Waals surface area contributed by atoms with Crippen LogP contribution in [0.1, 0.15) is 122 Å². The van der Waals surface area contributed by atoms with Crippen LogP contribution in [0.5, 0.6) is 0 Å². The minimum absolute atomic E-state index is 0.156.